The lowest BCUT2D eigenvalue weighted by atomic mass is 9.99. The van der Waals surface area contributed by atoms with E-state index in [9.17, 15) is 33.0 Å². The van der Waals surface area contributed by atoms with Crippen molar-refractivity contribution in [3.63, 3.8) is 0 Å². The fourth-order valence-electron chi connectivity index (χ4n) is 3.52. The van der Waals surface area contributed by atoms with E-state index < -0.39 is 35.1 Å². The molecule has 0 aliphatic rings. The third kappa shape index (κ3) is 4.15. The van der Waals surface area contributed by atoms with Crippen LogP contribution in [0.25, 0.3) is 22.2 Å². The van der Waals surface area contributed by atoms with E-state index in [0.717, 1.165) is 17.8 Å². The van der Waals surface area contributed by atoms with E-state index in [0.29, 0.717) is 17.0 Å². The molecule has 10 heteroatoms. The highest BCUT2D eigenvalue weighted by molar-refractivity contribution is 5.92. The van der Waals surface area contributed by atoms with Crippen molar-refractivity contribution in [2.75, 3.05) is 0 Å². The number of rotatable bonds is 6. The standard InChI is InChI=1S/C21H22F3N3O4/c1-4-14-17(26-19(29)16(18(14)28)20(30)31)11-5-6-15-12(7-11)8-13(27(15)3)9-25-10(2)21(22,23)24/h5-8,10,25H,4,9H2,1-3H3,(H,30,31)(H2,26,28,29). The first-order valence-corrected chi connectivity index (χ1v) is 9.55. The molecule has 0 saturated heterocycles. The van der Waals surface area contributed by atoms with E-state index in [4.69, 9.17) is 0 Å². The molecule has 2 heterocycles. The number of H-pyrrole nitrogens is 1. The SMILES string of the molecule is CCc1c(-c2ccc3c(c2)cc(CNC(C)C(F)(F)F)n3C)[nH]c(=O)c(C(=O)O)c1O. The monoisotopic (exact) mass is 437 g/mol. The third-order valence-corrected chi connectivity index (χ3v) is 5.37. The summed E-state index contributed by atoms with van der Waals surface area (Å²) in [5.41, 5.74) is 0.898. The molecular formula is C21H22F3N3O4. The van der Waals surface area contributed by atoms with Crippen LogP contribution in [0.3, 0.4) is 0 Å². The Morgan fingerprint density at radius 3 is 2.55 bits per heavy atom. The lowest BCUT2D eigenvalue weighted by Crippen LogP contribution is -2.39. The molecule has 2 aromatic heterocycles. The van der Waals surface area contributed by atoms with Gasteiger partial charge in [0.05, 0.1) is 5.69 Å². The van der Waals surface area contributed by atoms with Crippen molar-refractivity contribution in [2.45, 2.75) is 39.0 Å². The fourth-order valence-corrected chi connectivity index (χ4v) is 3.52. The van der Waals surface area contributed by atoms with Crippen molar-refractivity contribution < 1.29 is 28.2 Å². The maximum absolute atomic E-state index is 12.8. The minimum Gasteiger partial charge on any atom is -0.506 e. The molecule has 0 radical (unpaired) electrons. The summed E-state index contributed by atoms with van der Waals surface area (Å²) in [4.78, 5) is 26.0. The molecule has 7 nitrogen and oxygen atoms in total. The van der Waals surface area contributed by atoms with Crippen LogP contribution in [-0.4, -0.2) is 38.0 Å². The van der Waals surface area contributed by atoms with Crippen LogP contribution in [0.2, 0.25) is 0 Å². The van der Waals surface area contributed by atoms with Crippen molar-refractivity contribution in [1.29, 1.82) is 0 Å². The van der Waals surface area contributed by atoms with Gasteiger partial charge >= 0.3 is 12.1 Å². The number of nitrogens with one attached hydrogen (secondary N) is 2. The Kier molecular flexibility index (Phi) is 5.86. The number of benzene rings is 1. The highest BCUT2D eigenvalue weighted by atomic mass is 19.4. The Balaban J connectivity index is 2.04. The second-order valence-corrected chi connectivity index (χ2v) is 7.30. The minimum atomic E-state index is -4.34. The molecule has 4 N–H and O–H groups in total. The molecule has 31 heavy (non-hydrogen) atoms. The second kappa shape index (κ2) is 8.10. The number of halogens is 3. The van der Waals surface area contributed by atoms with E-state index in [2.05, 4.69) is 10.3 Å². The average molecular weight is 437 g/mol. The number of fused-ring (bicyclic) bond motifs is 1. The molecule has 166 valence electrons. The topological polar surface area (TPSA) is 107 Å². The van der Waals surface area contributed by atoms with Gasteiger partial charge < -0.3 is 25.1 Å². The quantitative estimate of drug-likeness (QED) is 0.472. The smallest absolute Gasteiger partial charge is 0.403 e. The van der Waals surface area contributed by atoms with Gasteiger partial charge in [0.15, 0.2) is 5.56 Å². The van der Waals surface area contributed by atoms with Gasteiger partial charge in [0.1, 0.15) is 11.8 Å². The molecule has 0 spiro atoms. The number of aromatic nitrogens is 2. The molecule has 3 rings (SSSR count). The maximum atomic E-state index is 12.8. The lowest BCUT2D eigenvalue weighted by Gasteiger charge is -2.17. The maximum Gasteiger partial charge on any atom is 0.403 e. The summed E-state index contributed by atoms with van der Waals surface area (Å²) in [6, 6.07) is 5.26. The van der Waals surface area contributed by atoms with Gasteiger partial charge in [-0.2, -0.15) is 13.2 Å². The number of aromatic amines is 1. The van der Waals surface area contributed by atoms with Crippen molar-refractivity contribution in [3.05, 3.63) is 51.4 Å². The number of aromatic hydroxyl groups is 1. The zero-order valence-corrected chi connectivity index (χ0v) is 17.1. The van der Waals surface area contributed by atoms with Gasteiger partial charge in [0.2, 0.25) is 0 Å². The van der Waals surface area contributed by atoms with E-state index in [1.165, 1.54) is 0 Å². The molecular weight excluding hydrogens is 415 g/mol. The number of hydrogen-bond donors (Lipinski definition) is 4. The second-order valence-electron chi connectivity index (χ2n) is 7.30. The lowest BCUT2D eigenvalue weighted by molar-refractivity contribution is -0.151. The Labute approximate surface area is 175 Å². The first-order valence-electron chi connectivity index (χ1n) is 9.55. The Bertz CT molecular complexity index is 1210. The third-order valence-electron chi connectivity index (χ3n) is 5.37. The van der Waals surface area contributed by atoms with E-state index >= 15 is 0 Å². The molecule has 0 fully saturated rings. The summed E-state index contributed by atoms with van der Waals surface area (Å²) in [7, 11) is 1.74. The van der Waals surface area contributed by atoms with Crippen LogP contribution in [0.15, 0.2) is 29.1 Å². The summed E-state index contributed by atoms with van der Waals surface area (Å²) in [5, 5.41) is 22.7. The van der Waals surface area contributed by atoms with Crippen LogP contribution < -0.4 is 10.9 Å². The Morgan fingerprint density at radius 1 is 1.29 bits per heavy atom. The van der Waals surface area contributed by atoms with Crippen molar-refractivity contribution >= 4 is 16.9 Å². The van der Waals surface area contributed by atoms with Gasteiger partial charge in [-0.15, -0.1) is 0 Å². The molecule has 1 atom stereocenters. The number of alkyl halides is 3. The highest BCUT2D eigenvalue weighted by Crippen LogP contribution is 2.32. The number of pyridine rings is 1. The van der Waals surface area contributed by atoms with Gasteiger partial charge in [-0.3, -0.25) is 4.79 Å². The molecule has 1 unspecified atom stereocenters. The van der Waals surface area contributed by atoms with Crippen LogP contribution >= 0.6 is 0 Å². The highest BCUT2D eigenvalue weighted by Gasteiger charge is 2.35. The van der Waals surface area contributed by atoms with Crippen LogP contribution in [-0.2, 0) is 20.0 Å². The largest absolute Gasteiger partial charge is 0.506 e. The van der Waals surface area contributed by atoms with Gasteiger partial charge in [0, 0.05) is 35.8 Å². The number of nitrogens with zero attached hydrogens (tertiary/aromatic N) is 1. The summed E-state index contributed by atoms with van der Waals surface area (Å²) in [6.07, 6.45) is -4.07. The zero-order valence-electron chi connectivity index (χ0n) is 17.1. The molecule has 0 saturated carbocycles. The molecule has 0 amide bonds. The van der Waals surface area contributed by atoms with Crippen molar-refractivity contribution in [1.82, 2.24) is 14.9 Å². The number of aryl methyl sites for hydroxylation is 1. The number of carboxylic acids is 1. The molecule has 3 aromatic rings. The molecule has 0 bridgehead atoms. The normalized spacial score (nSPS) is 13.0. The van der Waals surface area contributed by atoms with Crippen LogP contribution in [0.5, 0.6) is 5.75 Å². The van der Waals surface area contributed by atoms with E-state index in [-0.39, 0.29) is 18.5 Å². The number of carbonyl (C=O) groups is 1. The number of aromatic carboxylic acids is 1. The Morgan fingerprint density at radius 2 is 1.97 bits per heavy atom. The van der Waals surface area contributed by atoms with Crippen LogP contribution in [0.1, 0.15) is 35.5 Å². The van der Waals surface area contributed by atoms with Gasteiger partial charge in [-0.1, -0.05) is 13.0 Å². The molecule has 0 aliphatic carbocycles. The predicted octanol–water partition coefficient (Wildman–Crippen LogP) is 3.54. The van der Waals surface area contributed by atoms with Gasteiger partial charge in [-0.05, 0) is 37.1 Å². The fraction of sp³-hybridized carbons (Fsp3) is 0.333. The predicted molar refractivity (Wildman–Crippen MR) is 109 cm³/mol. The first kappa shape index (κ1) is 22.4. The summed E-state index contributed by atoms with van der Waals surface area (Å²) < 4.78 is 40.0. The van der Waals surface area contributed by atoms with Crippen molar-refractivity contribution in [3.8, 4) is 17.0 Å². The van der Waals surface area contributed by atoms with Crippen molar-refractivity contribution in [2.24, 2.45) is 7.05 Å². The first-order chi connectivity index (χ1) is 14.5. The average Bonchev–Trinajstić information content (AvgIpc) is 2.99. The van der Waals surface area contributed by atoms with Gasteiger partial charge in [-0.25, -0.2) is 4.79 Å². The summed E-state index contributed by atoms with van der Waals surface area (Å²) in [6.45, 7) is 2.78. The van der Waals surface area contributed by atoms with E-state index in [1.54, 1.807) is 42.8 Å². The molecule has 0 aliphatic heterocycles. The zero-order chi connectivity index (χ0) is 23.1. The summed E-state index contributed by atoms with van der Waals surface area (Å²) >= 11 is 0. The summed E-state index contributed by atoms with van der Waals surface area (Å²) in [5.74, 6) is -2.10. The number of hydrogen-bond acceptors (Lipinski definition) is 4. The minimum absolute atomic E-state index is 0.00628. The van der Waals surface area contributed by atoms with E-state index in [1.807, 2.05) is 0 Å². The molecule has 1 aromatic carbocycles. The van der Waals surface area contributed by atoms with Crippen LogP contribution in [0.4, 0.5) is 13.2 Å². The van der Waals surface area contributed by atoms with Gasteiger partial charge in [0.25, 0.3) is 5.56 Å². The Hall–Kier alpha value is -3.27. The number of carboxylic acid groups (broad SMARTS) is 1. The van der Waals surface area contributed by atoms with Crippen LogP contribution in [0, 0.1) is 0 Å².